The molecule has 1 amide bonds. The fraction of sp³-hybridized carbons (Fsp3) is 0.214. The number of H-pyrrole nitrogens is 1. The summed E-state index contributed by atoms with van der Waals surface area (Å²) in [5.74, 6) is 5.93. The third-order valence-corrected chi connectivity index (χ3v) is 2.89. The molecule has 0 aliphatic carbocycles. The quantitative estimate of drug-likeness (QED) is 0.738. The Balaban J connectivity index is 2.02. The lowest BCUT2D eigenvalue weighted by molar-refractivity contribution is 0.0950. The fourth-order valence-electron chi connectivity index (χ4n) is 1.55. The summed E-state index contributed by atoms with van der Waals surface area (Å²) in [5, 5.41) is 18.1. The maximum atomic E-state index is 12.0. The number of aromatic amines is 1. The number of rotatable bonds is 4. The van der Waals surface area contributed by atoms with Crippen molar-refractivity contribution in [3.63, 3.8) is 0 Å². The zero-order valence-corrected chi connectivity index (χ0v) is 11.8. The Bertz CT molecular complexity index is 674. The minimum atomic E-state index is -0.261. The SMILES string of the molecule is O=C(NCc1ncn[nH]1)c1ccc(C#CCCO)c(Cl)c1. The first kappa shape index (κ1) is 15.0. The van der Waals surface area contributed by atoms with E-state index in [0.717, 1.165) is 0 Å². The van der Waals surface area contributed by atoms with Gasteiger partial charge in [-0.3, -0.25) is 9.89 Å². The monoisotopic (exact) mass is 304 g/mol. The first-order valence-corrected chi connectivity index (χ1v) is 6.60. The average molecular weight is 305 g/mol. The topological polar surface area (TPSA) is 90.9 Å². The highest BCUT2D eigenvalue weighted by Gasteiger charge is 2.08. The lowest BCUT2D eigenvalue weighted by Crippen LogP contribution is -2.23. The molecule has 108 valence electrons. The van der Waals surface area contributed by atoms with Gasteiger partial charge >= 0.3 is 0 Å². The number of nitrogens with one attached hydrogen (secondary N) is 2. The number of benzene rings is 1. The molecule has 0 saturated heterocycles. The van der Waals surface area contributed by atoms with Crippen LogP contribution in [0.1, 0.15) is 28.2 Å². The molecule has 1 aromatic heterocycles. The number of halogens is 1. The maximum Gasteiger partial charge on any atom is 0.251 e. The molecule has 0 saturated carbocycles. The van der Waals surface area contributed by atoms with Gasteiger partial charge in [-0.25, -0.2) is 4.98 Å². The van der Waals surface area contributed by atoms with Crippen LogP contribution < -0.4 is 5.32 Å². The van der Waals surface area contributed by atoms with Gasteiger partial charge in [-0.15, -0.1) is 0 Å². The van der Waals surface area contributed by atoms with Crippen molar-refractivity contribution in [1.29, 1.82) is 0 Å². The van der Waals surface area contributed by atoms with Crippen LogP contribution >= 0.6 is 11.6 Å². The van der Waals surface area contributed by atoms with E-state index in [1.807, 2.05) is 0 Å². The first-order chi connectivity index (χ1) is 10.2. The number of hydrogen-bond donors (Lipinski definition) is 3. The van der Waals surface area contributed by atoms with Crippen molar-refractivity contribution in [2.45, 2.75) is 13.0 Å². The Kier molecular flexibility index (Phi) is 5.32. The second-order valence-corrected chi connectivity index (χ2v) is 4.49. The summed E-state index contributed by atoms with van der Waals surface area (Å²) < 4.78 is 0. The molecule has 3 N–H and O–H groups in total. The lowest BCUT2D eigenvalue weighted by Gasteiger charge is -2.04. The van der Waals surface area contributed by atoms with E-state index < -0.39 is 0 Å². The van der Waals surface area contributed by atoms with Gasteiger partial charge in [0, 0.05) is 17.5 Å². The summed E-state index contributed by atoms with van der Waals surface area (Å²) in [4.78, 5) is 15.9. The molecule has 0 atom stereocenters. The summed E-state index contributed by atoms with van der Waals surface area (Å²) >= 11 is 6.08. The van der Waals surface area contributed by atoms with Gasteiger partial charge in [0.1, 0.15) is 12.2 Å². The van der Waals surface area contributed by atoms with Crippen molar-refractivity contribution in [3.05, 3.63) is 46.5 Å². The van der Waals surface area contributed by atoms with E-state index in [4.69, 9.17) is 16.7 Å². The molecule has 1 heterocycles. The highest BCUT2D eigenvalue weighted by atomic mass is 35.5. The second kappa shape index (κ2) is 7.43. The smallest absolute Gasteiger partial charge is 0.251 e. The number of aromatic nitrogens is 3. The van der Waals surface area contributed by atoms with Crippen LogP contribution in [0.2, 0.25) is 5.02 Å². The van der Waals surface area contributed by atoms with Crippen LogP contribution in [0, 0.1) is 11.8 Å². The summed E-state index contributed by atoms with van der Waals surface area (Å²) in [6.07, 6.45) is 1.76. The Morgan fingerprint density at radius 3 is 3.00 bits per heavy atom. The molecule has 21 heavy (non-hydrogen) atoms. The van der Waals surface area contributed by atoms with E-state index in [1.54, 1.807) is 18.2 Å². The summed E-state index contributed by atoms with van der Waals surface area (Å²) in [6, 6.07) is 4.88. The van der Waals surface area contributed by atoms with E-state index in [2.05, 4.69) is 32.3 Å². The van der Waals surface area contributed by atoms with Crippen molar-refractivity contribution >= 4 is 17.5 Å². The molecule has 0 radical (unpaired) electrons. The fourth-order valence-corrected chi connectivity index (χ4v) is 1.78. The Hall–Kier alpha value is -2.36. The zero-order chi connectivity index (χ0) is 15.1. The number of aliphatic hydroxyl groups is 1. The minimum Gasteiger partial charge on any atom is -0.395 e. The van der Waals surface area contributed by atoms with Gasteiger partial charge in [0.25, 0.3) is 5.91 Å². The molecular formula is C14H13ClN4O2. The molecule has 6 nitrogen and oxygen atoms in total. The first-order valence-electron chi connectivity index (χ1n) is 6.22. The molecule has 2 aromatic rings. The Morgan fingerprint density at radius 1 is 1.48 bits per heavy atom. The number of amides is 1. The highest BCUT2D eigenvalue weighted by molar-refractivity contribution is 6.32. The molecule has 0 bridgehead atoms. The van der Waals surface area contributed by atoms with Crippen LogP contribution in [0.4, 0.5) is 0 Å². The molecule has 0 spiro atoms. The third kappa shape index (κ3) is 4.31. The number of nitrogens with zero attached hydrogens (tertiary/aromatic N) is 2. The van der Waals surface area contributed by atoms with Crippen LogP contribution in [0.15, 0.2) is 24.5 Å². The molecule has 0 aliphatic heterocycles. The number of aliphatic hydroxyl groups excluding tert-OH is 1. The van der Waals surface area contributed by atoms with Crippen LogP contribution in [-0.2, 0) is 6.54 Å². The predicted octanol–water partition coefficient (Wildman–Crippen LogP) is 1.12. The largest absolute Gasteiger partial charge is 0.395 e. The highest BCUT2D eigenvalue weighted by Crippen LogP contribution is 2.17. The van der Waals surface area contributed by atoms with Gasteiger partial charge in [0.15, 0.2) is 0 Å². The van der Waals surface area contributed by atoms with E-state index in [-0.39, 0.29) is 19.1 Å². The predicted molar refractivity (Wildman–Crippen MR) is 77.6 cm³/mol. The van der Waals surface area contributed by atoms with E-state index in [0.29, 0.717) is 28.4 Å². The molecule has 7 heteroatoms. The minimum absolute atomic E-state index is 0.00669. The van der Waals surface area contributed by atoms with E-state index in [9.17, 15) is 4.79 Å². The van der Waals surface area contributed by atoms with E-state index in [1.165, 1.54) is 6.33 Å². The van der Waals surface area contributed by atoms with E-state index >= 15 is 0 Å². The van der Waals surface area contributed by atoms with Crippen molar-refractivity contribution in [1.82, 2.24) is 20.5 Å². The van der Waals surface area contributed by atoms with Crippen molar-refractivity contribution in [3.8, 4) is 11.8 Å². The summed E-state index contributed by atoms with van der Waals surface area (Å²) in [6.45, 7) is 0.265. The zero-order valence-electron chi connectivity index (χ0n) is 11.1. The number of hydrogen-bond acceptors (Lipinski definition) is 4. The number of carbonyl (C=O) groups excluding carboxylic acids is 1. The lowest BCUT2D eigenvalue weighted by atomic mass is 10.1. The normalized spacial score (nSPS) is 9.81. The molecule has 1 aromatic carbocycles. The Morgan fingerprint density at radius 2 is 2.33 bits per heavy atom. The third-order valence-electron chi connectivity index (χ3n) is 2.57. The standard InChI is InChI=1S/C14H13ClN4O2/c15-12-7-11(5-4-10(12)3-1-2-6-20)14(21)16-8-13-17-9-18-19-13/h4-5,7,9,20H,2,6,8H2,(H,16,21)(H,17,18,19). The van der Waals surface area contributed by atoms with Crippen LogP contribution in [-0.4, -0.2) is 32.8 Å². The maximum absolute atomic E-state index is 12.0. The summed E-state index contributed by atoms with van der Waals surface area (Å²) in [7, 11) is 0. The molecular weight excluding hydrogens is 292 g/mol. The van der Waals surface area contributed by atoms with Crippen LogP contribution in [0.25, 0.3) is 0 Å². The summed E-state index contributed by atoms with van der Waals surface area (Å²) in [5.41, 5.74) is 1.06. The van der Waals surface area contributed by atoms with Crippen molar-refractivity contribution in [2.75, 3.05) is 6.61 Å². The van der Waals surface area contributed by atoms with Gasteiger partial charge in [-0.05, 0) is 18.2 Å². The van der Waals surface area contributed by atoms with Gasteiger partial charge in [0.05, 0.1) is 18.2 Å². The van der Waals surface area contributed by atoms with Gasteiger partial charge in [-0.2, -0.15) is 5.10 Å². The second-order valence-electron chi connectivity index (χ2n) is 4.08. The van der Waals surface area contributed by atoms with Gasteiger partial charge in [-0.1, -0.05) is 23.4 Å². The van der Waals surface area contributed by atoms with Crippen LogP contribution in [0.3, 0.4) is 0 Å². The average Bonchev–Trinajstić information content (AvgIpc) is 3.00. The molecule has 2 rings (SSSR count). The van der Waals surface area contributed by atoms with Crippen LogP contribution in [0.5, 0.6) is 0 Å². The molecule has 0 fully saturated rings. The van der Waals surface area contributed by atoms with Gasteiger partial charge in [0.2, 0.25) is 0 Å². The Labute approximate surface area is 126 Å². The molecule has 0 aliphatic rings. The van der Waals surface area contributed by atoms with Gasteiger partial charge < -0.3 is 10.4 Å². The number of carbonyl (C=O) groups is 1. The van der Waals surface area contributed by atoms with Crippen molar-refractivity contribution < 1.29 is 9.90 Å². The molecule has 0 unspecified atom stereocenters. The van der Waals surface area contributed by atoms with Crippen molar-refractivity contribution in [2.24, 2.45) is 0 Å².